The van der Waals surface area contributed by atoms with Crippen molar-refractivity contribution in [2.45, 2.75) is 19.3 Å². The van der Waals surface area contributed by atoms with Crippen molar-refractivity contribution >= 4 is 39.7 Å². The topological polar surface area (TPSA) is 51.2 Å². The molecule has 1 aliphatic rings. The van der Waals surface area contributed by atoms with Crippen molar-refractivity contribution in [3.63, 3.8) is 0 Å². The standard InChI is InChI=1S/C14H13ClN2O2S/c1-19-13(18)11-12(15)17-14(20-11)16-10-6-5-8-3-2-4-9(8)7-10/h5-7H,2-4H2,1H3,(H,16,17). The van der Waals surface area contributed by atoms with Crippen LogP contribution in [0.1, 0.15) is 27.2 Å². The van der Waals surface area contributed by atoms with E-state index in [-0.39, 0.29) is 5.15 Å². The SMILES string of the molecule is COC(=O)c1sc(Nc2ccc3c(c2)CCC3)nc1Cl. The van der Waals surface area contributed by atoms with Gasteiger partial charge in [-0.3, -0.25) is 0 Å². The molecule has 1 aromatic heterocycles. The zero-order chi connectivity index (χ0) is 14.1. The zero-order valence-corrected chi connectivity index (χ0v) is 12.5. The van der Waals surface area contributed by atoms with E-state index >= 15 is 0 Å². The molecule has 20 heavy (non-hydrogen) atoms. The fourth-order valence-corrected chi connectivity index (χ4v) is 3.47. The summed E-state index contributed by atoms with van der Waals surface area (Å²) in [5.41, 5.74) is 3.77. The summed E-state index contributed by atoms with van der Waals surface area (Å²) in [6.45, 7) is 0. The van der Waals surface area contributed by atoms with Gasteiger partial charge in [-0.25, -0.2) is 9.78 Å². The minimum atomic E-state index is -0.463. The fourth-order valence-electron chi connectivity index (χ4n) is 2.35. The molecule has 1 aliphatic carbocycles. The minimum Gasteiger partial charge on any atom is -0.465 e. The summed E-state index contributed by atoms with van der Waals surface area (Å²) in [7, 11) is 1.33. The maximum absolute atomic E-state index is 11.5. The van der Waals surface area contributed by atoms with Crippen LogP contribution in [0.4, 0.5) is 10.8 Å². The molecule has 4 nitrogen and oxygen atoms in total. The number of aryl methyl sites for hydroxylation is 2. The highest BCUT2D eigenvalue weighted by Crippen LogP contribution is 2.31. The first-order chi connectivity index (χ1) is 9.67. The minimum absolute atomic E-state index is 0.172. The Morgan fingerprint density at radius 1 is 1.40 bits per heavy atom. The van der Waals surface area contributed by atoms with Crippen molar-refractivity contribution in [3.8, 4) is 0 Å². The number of fused-ring (bicyclic) bond motifs is 1. The molecule has 0 bridgehead atoms. The van der Waals surface area contributed by atoms with Gasteiger partial charge in [-0.15, -0.1) is 0 Å². The molecular formula is C14H13ClN2O2S. The number of thiazole rings is 1. The van der Waals surface area contributed by atoms with E-state index in [0.717, 1.165) is 18.5 Å². The third-order valence-corrected chi connectivity index (χ3v) is 4.64. The molecular weight excluding hydrogens is 296 g/mol. The monoisotopic (exact) mass is 308 g/mol. The maximum Gasteiger partial charge on any atom is 0.351 e. The molecule has 0 fully saturated rings. The molecule has 1 N–H and O–H groups in total. The van der Waals surface area contributed by atoms with Gasteiger partial charge in [0.15, 0.2) is 15.2 Å². The summed E-state index contributed by atoms with van der Waals surface area (Å²) in [4.78, 5) is 15.9. The molecule has 0 amide bonds. The van der Waals surface area contributed by atoms with Crippen LogP contribution in [-0.4, -0.2) is 18.1 Å². The predicted octanol–water partition coefficient (Wildman–Crippen LogP) is 3.82. The number of carbonyl (C=O) groups excluding carboxylic acids is 1. The van der Waals surface area contributed by atoms with Crippen LogP contribution in [0, 0.1) is 0 Å². The van der Waals surface area contributed by atoms with Crippen LogP contribution in [0.3, 0.4) is 0 Å². The normalized spacial score (nSPS) is 13.1. The number of hydrogen-bond acceptors (Lipinski definition) is 5. The van der Waals surface area contributed by atoms with Crippen molar-refractivity contribution < 1.29 is 9.53 Å². The van der Waals surface area contributed by atoms with Gasteiger partial charge in [0.2, 0.25) is 0 Å². The van der Waals surface area contributed by atoms with Crippen LogP contribution in [0.25, 0.3) is 0 Å². The predicted molar refractivity (Wildman–Crippen MR) is 80.2 cm³/mol. The Labute approximate surface area is 125 Å². The molecule has 1 aromatic carbocycles. The second-order valence-electron chi connectivity index (χ2n) is 4.59. The number of esters is 1. The van der Waals surface area contributed by atoms with E-state index in [0.29, 0.717) is 10.0 Å². The Bertz CT molecular complexity index is 669. The number of methoxy groups -OCH3 is 1. The van der Waals surface area contributed by atoms with Crippen molar-refractivity contribution in [1.29, 1.82) is 0 Å². The second kappa shape index (κ2) is 5.42. The molecule has 0 spiro atoms. The largest absolute Gasteiger partial charge is 0.465 e. The van der Waals surface area contributed by atoms with E-state index in [9.17, 15) is 4.79 Å². The van der Waals surface area contributed by atoms with Gasteiger partial charge in [-0.1, -0.05) is 29.0 Å². The summed E-state index contributed by atoms with van der Waals surface area (Å²) in [6.07, 6.45) is 3.50. The van der Waals surface area contributed by atoms with Gasteiger partial charge in [0.1, 0.15) is 0 Å². The Hall–Kier alpha value is -1.59. The van der Waals surface area contributed by atoms with Gasteiger partial charge in [0.05, 0.1) is 7.11 Å². The van der Waals surface area contributed by atoms with Crippen LogP contribution in [0.2, 0.25) is 5.15 Å². The first kappa shape index (κ1) is 13.4. The Balaban J connectivity index is 1.83. The van der Waals surface area contributed by atoms with E-state index in [2.05, 4.69) is 27.2 Å². The number of nitrogens with zero attached hydrogens (tertiary/aromatic N) is 1. The molecule has 0 radical (unpaired) electrons. The van der Waals surface area contributed by atoms with E-state index in [1.165, 1.54) is 36.0 Å². The van der Waals surface area contributed by atoms with Crippen LogP contribution >= 0.6 is 22.9 Å². The average molecular weight is 309 g/mol. The van der Waals surface area contributed by atoms with Gasteiger partial charge in [0, 0.05) is 5.69 Å². The molecule has 0 saturated heterocycles. The number of anilines is 2. The summed E-state index contributed by atoms with van der Waals surface area (Å²) < 4.78 is 4.66. The fraction of sp³-hybridized carbons (Fsp3) is 0.286. The summed E-state index contributed by atoms with van der Waals surface area (Å²) in [5, 5.41) is 3.95. The molecule has 1 heterocycles. The third kappa shape index (κ3) is 2.51. The molecule has 0 saturated carbocycles. The van der Waals surface area contributed by atoms with Gasteiger partial charge in [-0.05, 0) is 42.5 Å². The number of aromatic nitrogens is 1. The molecule has 0 unspecified atom stereocenters. The van der Waals surface area contributed by atoms with Crippen molar-refractivity contribution in [1.82, 2.24) is 4.98 Å². The van der Waals surface area contributed by atoms with Gasteiger partial charge < -0.3 is 10.1 Å². The van der Waals surface area contributed by atoms with E-state index in [1.54, 1.807) is 0 Å². The molecule has 3 rings (SSSR count). The quantitative estimate of drug-likeness (QED) is 0.876. The lowest BCUT2D eigenvalue weighted by atomic mass is 10.1. The summed E-state index contributed by atoms with van der Waals surface area (Å²) in [5.74, 6) is -0.463. The van der Waals surface area contributed by atoms with Gasteiger partial charge in [-0.2, -0.15) is 0 Å². The number of ether oxygens (including phenoxy) is 1. The van der Waals surface area contributed by atoms with E-state index < -0.39 is 5.97 Å². The smallest absolute Gasteiger partial charge is 0.351 e. The third-order valence-electron chi connectivity index (χ3n) is 3.31. The van der Waals surface area contributed by atoms with E-state index in [4.69, 9.17) is 11.6 Å². The highest BCUT2D eigenvalue weighted by Gasteiger charge is 2.18. The highest BCUT2D eigenvalue weighted by molar-refractivity contribution is 7.18. The number of carbonyl (C=O) groups is 1. The average Bonchev–Trinajstić information content (AvgIpc) is 3.04. The number of benzene rings is 1. The molecule has 2 aromatic rings. The lowest BCUT2D eigenvalue weighted by Crippen LogP contribution is -1.98. The number of nitrogens with one attached hydrogen (secondary N) is 1. The number of hydrogen-bond donors (Lipinski definition) is 1. The van der Waals surface area contributed by atoms with Crippen molar-refractivity contribution in [2.24, 2.45) is 0 Å². The van der Waals surface area contributed by atoms with Crippen LogP contribution in [-0.2, 0) is 17.6 Å². The van der Waals surface area contributed by atoms with Crippen LogP contribution in [0.15, 0.2) is 18.2 Å². The molecule has 0 aliphatic heterocycles. The first-order valence-corrected chi connectivity index (χ1v) is 7.50. The maximum atomic E-state index is 11.5. The van der Waals surface area contributed by atoms with E-state index in [1.807, 2.05) is 6.07 Å². The number of rotatable bonds is 3. The molecule has 6 heteroatoms. The van der Waals surface area contributed by atoms with Gasteiger partial charge >= 0.3 is 5.97 Å². The Morgan fingerprint density at radius 3 is 3.00 bits per heavy atom. The zero-order valence-electron chi connectivity index (χ0n) is 10.9. The van der Waals surface area contributed by atoms with Gasteiger partial charge in [0.25, 0.3) is 0 Å². The lowest BCUT2D eigenvalue weighted by molar-refractivity contribution is 0.0606. The van der Waals surface area contributed by atoms with Crippen LogP contribution < -0.4 is 5.32 Å². The van der Waals surface area contributed by atoms with Crippen molar-refractivity contribution in [3.05, 3.63) is 39.4 Å². The van der Waals surface area contributed by atoms with Crippen LogP contribution in [0.5, 0.6) is 0 Å². The summed E-state index contributed by atoms with van der Waals surface area (Å²) >= 11 is 7.13. The Morgan fingerprint density at radius 2 is 2.20 bits per heavy atom. The van der Waals surface area contributed by atoms with Crippen molar-refractivity contribution in [2.75, 3.05) is 12.4 Å². The second-order valence-corrected chi connectivity index (χ2v) is 5.95. The summed E-state index contributed by atoms with van der Waals surface area (Å²) in [6, 6.07) is 6.30. The number of halogens is 1. The lowest BCUT2D eigenvalue weighted by Gasteiger charge is -2.05. The molecule has 104 valence electrons. The first-order valence-electron chi connectivity index (χ1n) is 6.31. The Kier molecular flexibility index (Phi) is 3.63. The molecule has 0 atom stereocenters. The highest BCUT2D eigenvalue weighted by atomic mass is 35.5.